The summed E-state index contributed by atoms with van der Waals surface area (Å²) >= 11 is 0. The number of carbonyl (C=O) groups is 1. The van der Waals surface area contributed by atoms with Crippen molar-refractivity contribution in [3.05, 3.63) is 29.8 Å². The third-order valence-electron chi connectivity index (χ3n) is 4.81. The summed E-state index contributed by atoms with van der Waals surface area (Å²) in [7, 11) is 0. The quantitative estimate of drug-likeness (QED) is 0.919. The van der Waals surface area contributed by atoms with Gasteiger partial charge in [-0.3, -0.25) is 4.79 Å². The molecular formula is C18H27N3O2. The van der Waals surface area contributed by atoms with Crippen molar-refractivity contribution in [1.29, 1.82) is 0 Å². The van der Waals surface area contributed by atoms with E-state index in [-0.39, 0.29) is 11.9 Å². The molecule has 3 rings (SSSR count). The molecule has 0 aromatic heterocycles. The SMILES string of the molecule is CCN1CCN(c2ccc(C(=O)N[C@H]3CCCOC3)cc2)CC1. The Morgan fingerprint density at radius 2 is 1.96 bits per heavy atom. The fraction of sp³-hybridized carbons (Fsp3) is 0.611. The molecule has 1 atom stereocenters. The Labute approximate surface area is 138 Å². The van der Waals surface area contributed by atoms with Crippen LogP contribution in [-0.2, 0) is 4.74 Å². The number of anilines is 1. The summed E-state index contributed by atoms with van der Waals surface area (Å²) in [5, 5.41) is 3.06. The van der Waals surface area contributed by atoms with E-state index in [1.807, 2.05) is 12.1 Å². The van der Waals surface area contributed by atoms with Crippen molar-refractivity contribution in [2.75, 3.05) is 50.8 Å². The molecule has 5 nitrogen and oxygen atoms in total. The van der Waals surface area contributed by atoms with Gasteiger partial charge in [-0.25, -0.2) is 0 Å². The van der Waals surface area contributed by atoms with Crippen molar-refractivity contribution in [3.63, 3.8) is 0 Å². The van der Waals surface area contributed by atoms with Crippen LogP contribution >= 0.6 is 0 Å². The Morgan fingerprint density at radius 1 is 1.22 bits per heavy atom. The van der Waals surface area contributed by atoms with Crippen LogP contribution in [0.2, 0.25) is 0 Å². The number of likely N-dealkylation sites (N-methyl/N-ethyl adjacent to an activating group) is 1. The molecule has 2 aliphatic rings. The molecule has 0 aliphatic carbocycles. The van der Waals surface area contributed by atoms with Crippen LogP contribution in [0.1, 0.15) is 30.1 Å². The number of carbonyl (C=O) groups excluding carboxylic acids is 1. The van der Waals surface area contributed by atoms with Crippen molar-refractivity contribution in [1.82, 2.24) is 10.2 Å². The van der Waals surface area contributed by atoms with Crippen molar-refractivity contribution < 1.29 is 9.53 Å². The van der Waals surface area contributed by atoms with Gasteiger partial charge in [0.15, 0.2) is 0 Å². The number of hydrogen-bond acceptors (Lipinski definition) is 4. The summed E-state index contributed by atoms with van der Waals surface area (Å²) in [6.45, 7) is 9.11. The lowest BCUT2D eigenvalue weighted by atomic mass is 10.1. The van der Waals surface area contributed by atoms with E-state index < -0.39 is 0 Å². The van der Waals surface area contributed by atoms with Crippen molar-refractivity contribution in [3.8, 4) is 0 Å². The average Bonchev–Trinajstić information content (AvgIpc) is 2.63. The van der Waals surface area contributed by atoms with Gasteiger partial charge in [0.2, 0.25) is 0 Å². The monoisotopic (exact) mass is 317 g/mol. The maximum absolute atomic E-state index is 12.3. The van der Waals surface area contributed by atoms with Crippen LogP contribution in [0.3, 0.4) is 0 Å². The first kappa shape index (κ1) is 16.3. The molecule has 0 unspecified atom stereocenters. The van der Waals surface area contributed by atoms with Gasteiger partial charge in [-0.1, -0.05) is 6.92 Å². The number of benzene rings is 1. The van der Waals surface area contributed by atoms with E-state index in [9.17, 15) is 4.79 Å². The van der Waals surface area contributed by atoms with Gasteiger partial charge in [-0.15, -0.1) is 0 Å². The molecule has 0 bridgehead atoms. The minimum absolute atomic E-state index is 0.00264. The van der Waals surface area contributed by atoms with Crippen molar-refractivity contribution in [2.24, 2.45) is 0 Å². The molecule has 2 heterocycles. The van der Waals surface area contributed by atoms with Gasteiger partial charge in [-0.2, -0.15) is 0 Å². The Kier molecular flexibility index (Phi) is 5.51. The Bertz CT molecular complexity index is 504. The van der Waals surface area contributed by atoms with Gasteiger partial charge in [0.1, 0.15) is 0 Å². The second kappa shape index (κ2) is 7.79. The van der Waals surface area contributed by atoms with Crippen LogP contribution in [-0.4, -0.2) is 62.8 Å². The number of piperazine rings is 1. The zero-order valence-corrected chi connectivity index (χ0v) is 14.0. The molecule has 0 spiro atoms. The zero-order chi connectivity index (χ0) is 16.1. The van der Waals surface area contributed by atoms with Gasteiger partial charge in [0, 0.05) is 44.0 Å². The first-order valence-corrected chi connectivity index (χ1v) is 8.72. The van der Waals surface area contributed by atoms with E-state index in [1.54, 1.807) is 0 Å². The minimum Gasteiger partial charge on any atom is -0.379 e. The second-order valence-electron chi connectivity index (χ2n) is 6.36. The standard InChI is InChI=1S/C18H27N3O2/c1-2-20-9-11-21(12-10-20)17-7-5-15(6-8-17)18(22)19-16-4-3-13-23-14-16/h5-8,16H,2-4,9-14H2,1H3,(H,19,22)/t16-/m0/s1. The van der Waals surface area contributed by atoms with Crippen LogP contribution in [0.15, 0.2) is 24.3 Å². The molecular weight excluding hydrogens is 290 g/mol. The van der Waals surface area contributed by atoms with E-state index in [2.05, 4.69) is 34.2 Å². The van der Waals surface area contributed by atoms with Crippen LogP contribution in [0, 0.1) is 0 Å². The highest BCUT2D eigenvalue weighted by Crippen LogP contribution is 2.17. The van der Waals surface area contributed by atoms with Gasteiger partial charge in [0.05, 0.1) is 12.6 Å². The Morgan fingerprint density at radius 3 is 2.57 bits per heavy atom. The summed E-state index contributed by atoms with van der Waals surface area (Å²) in [6, 6.07) is 8.14. The molecule has 1 amide bonds. The summed E-state index contributed by atoms with van der Waals surface area (Å²) in [5.74, 6) is 0.00264. The molecule has 23 heavy (non-hydrogen) atoms. The summed E-state index contributed by atoms with van der Waals surface area (Å²) in [5.41, 5.74) is 1.94. The second-order valence-corrected chi connectivity index (χ2v) is 6.36. The van der Waals surface area contributed by atoms with E-state index in [0.29, 0.717) is 6.61 Å². The third kappa shape index (κ3) is 4.24. The van der Waals surface area contributed by atoms with E-state index in [0.717, 1.165) is 57.7 Å². The van der Waals surface area contributed by atoms with Crippen molar-refractivity contribution >= 4 is 11.6 Å². The van der Waals surface area contributed by atoms with Gasteiger partial charge in [0.25, 0.3) is 5.91 Å². The smallest absolute Gasteiger partial charge is 0.251 e. The molecule has 2 saturated heterocycles. The number of hydrogen-bond donors (Lipinski definition) is 1. The largest absolute Gasteiger partial charge is 0.379 e. The maximum atomic E-state index is 12.3. The van der Waals surface area contributed by atoms with Crippen molar-refractivity contribution in [2.45, 2.75) is 25.8 Å². The summed E-state index contributed by atoms with van der Waals surface area (Å²) < 4.78 is 5.41. The highest BCUT2D eigenvalue weighted by molar-refractivity contribution is 5.94. The molecule has 0 radical (unpaired) electrons. The van der Waals surface area contributed by atoms with Crippen LogP contribution < -0.4 is 10.2 Å². The predicted octanol–water partition coefficient (Wildman–Crippen LogP) is 1.74. The minimum atomic E-state index is 0.00264. The molecule has 0 saturated carbocycles. The molecule has 1 aromatic rings. The van der Waals surface area contributed by atoms with Crippen LogP contribution in [0.5, 0.6) is 0 Å². The molecule has 1 N–H and O–H groups in total. The summed E-state index contributed by atoms with van der Waals surface area (Å²) in [6.07, 6.45) is 2.03. The van der Waals surface area contributed by atoms with E-state index in [4.69, 9.17) is 4.74 Å². The van der Waals surface area contributed by atoms with Gasteiger partial charge in [-0.05, 0) is 43.7 Å². The summed E-state index contributed by atoms with van der Waals surface area (Å²) in [4.78, 5) is 17.1. The number of ether oxygens (including phenoxy) is 1. The number of nitrogens with zero attached hydrogens (tertiary/aromatic N) is 2. The molecule has 2 fully saturated rings. The molecule has 126 valence electrons. The third-order valence-corrected chi connectivity index (χ3v) is 4.81. The topological polar surface area (TPSA) is 44.8 Å². The molecule has 1 aromatic carbocycles. The van der Waals surface area contributed by atoms with Crippen LogP contribution in [0.25, 0.3) is 0 Å². The number of rotatable bonds is 4. The lowest BCUT2D eigenvalue weighted by molar-refractivity contribution is 0.0624. The highest BCUT2D eigenvalue weighted by Gasteiger charge is 2.18. The van der Waals surface area contributed by atoms with E-state index >= 15 is 0 Å². The normalized spacial score (nSPS) is 22.8. The lowest BCUT2D eigenvalue weighted by Crippen LogP contribution is -2.46. The fourth-order valence-corrected chi connectivity index (χ4v) is 3.27. The highest BCUT2D eigenvalue weighted by atomic mass is 16.5. The molecule has 2 aliphatic heterocycles. The first-order valence-electron chi connectivity index (χ1n) is 8.72. The first-order chi connectivity index (χ1) is 11.3. The van der Waals surface area contributed by atoms with Gasteiger partial charge < -0.3 is 19.9 Å². The molecule has 5 heteroatoms. The fourth-order valence-electron chi connectivity index (χ4n) is 3.27. The average molecular weight is 317 g/mol. The van der Waals surface area contributed by atoms with Crippen LogP contribution in [0.4, 0.5) is 5.69 Å². The van der Waals surface area contributed by atoms with E-state index in [1.165, 1.54) is 5.69 Å². The predicted molar refractivity (Wildman–Crippen MR) is 92.1 cm³/mol. The Balaban J connectivity index is 1.55. The number of nitrogens with one attached hydrogen (secondary N) is 1. The lowest BCUT2D eigenvalue weighted by Gasteiger charge is -2.35. The number of amides is 1. The van der Waals surface area contributed by atoms with Gasteiger partial charge >= 0.3 is 0 Å². The zero-order valence-electron chi connectivity index (χ0n) is 14.0. The maximum Gasteiger partial charge on any atom is 0.251 e. The Hall–Kier alpha value is -1.59.